The molecule has 4 nitrogen and oxygen atoms in total. The summed E-state index contributed by atoms with van der Waals surface area (Å²) in [4.78, 5) is 0. The van der Waals surface area contributed by atoms with Crippen LogP contribution in [-0.4, -0.2) is 27.5 Å². The predicted molar refractivity (Wildman–Crippen MR) is 72.3 cm³/mol. The molecule has 1 saturated carbocycles. The molecular weight excluding hydrogens is 226 g/mol. The Labute approximate surface area is 109 Å². The molecular formula is C14H25N3O. The lowest BCUT2D eigenvalue weighted by atomic mass is 9.89. The Morgan fingerprint density at radius 1 is 1.50 bits per heavy atom. The fourth-order valence-corrected chi connectivity index (χ4v) is 2.30. The van der Waals surface area contributed by atoms with E-state index in [0.717, 1.165) is 12.2 Å². The first kappa shape index (κ1) is 13.6. The minimum Gasteiger partial charge on any atom is -0.392 e. The molecule has 18 heavy (non-hydrogen) atoms. The maximum Gasteiger partial charge on any atom is 0.0722 e. The molecule has 4 heteroatoms. The second-order valence-corrected chi connectivity index (χ2v) is 6.46. The van der Waals surface area contributed by atoms with Gasteiger partial charge in [-0.05, 0) is 18.8 Å². The van der Waals surface area contributed by atoms with Gasteiger partial charge >= 0.3 is 0 Å². The smallest absolute Gasteiger partial charge is 0.0722 e. The van der Waals surface area contributed by atoms with Crippen LogP contribution in [0.4, 0.5) is 0 Å². The molecule has 0 amide bonds. The normalized spacial score (nSPS) is 18.1. The SMILES string of the molecule is Cn1cc(CNCC(O)C2CC2)c(C(C)(C)C)n1. The Kier molecular flexibility index (Phi) is 3.78. The van der Waals surface area contributed by atoms with Crippen LogP contribution in [0.15, 0.2) is 6.20 Å². The highest BCUT2D eigenvalue weighted by molar-refractivity contribution is 5.23. The number of nitrogens with one attached hydrogen (secondary N) is 1. The maximum absolute atomic E-state index is 9.82. The fraction of sp³-hybridized carbons (Fsp3) is 0.786. The summed E-state index contributed by atoms with van der Waals surface area (Å²) in [6, 6.07) is 0. The van der Waals surface area contributed by atoms with Gasteiger partial charge in [-0.3, -0.25) is 4.68 Å². The van der Waals surface area contributed by atoms with Crippen LogP contribution in [-0.2, 0) is 19.0 Å². The van der Waals surface area contributed by atoms with Crippen LogP contribution < -0.4 is 5.32 Å². The van der Waals surface area contributed by atoms with E-state index in [4.69, 9.17) is 0 Å². The van der Waals surface area contributed by atoms with Gasteiger partial charge in [-0.2, -0.15) is 5.10 Å². The Morgan fingerprint density at radius 3 is 2.72 bits per heavy atom. The number of aliphatic hydroxyl groups is 1. The zero-order valence-electron chi connectivity index (χ0n) is 11.9. The average molecular weight is 251 g/mol. The van der Waals surface area contributed by atoms with Gasteiger partial charge in [0, 0.05) is 37.3 Å². The molecule has 1 aromatic rings. The van der Waals surface area contributed by atoms with Gasteiger partial charge in [0.2, 0.25) is 0 Å². The molecule has 1 heterocycles. The van der Waals surface area contributed by atoms with Crippen molar-refractivity contribution in [1.29, 1.82) is 0 Å². The average Bonchev–Trinajstić information content (AvgIpc) is 3.02. The third-order valence-corrected chi connectivity index (χ3v) is 3.45. The molecule has 1 aliphatic rings. The zero-order valence-corrected chi connectivity index (χ0v) is 11.9. The summed E-state index contributed by atoms with van der Waals surface area (Å²) < 4.78 is 1.87. The number of aliphatic hydroxyl groups excluding tert-OH is 1. The van der Waals surface area contributed by atoms with Gasteiger partial charge in [0.25, 0.3) is 0 Å². The van der Waals surface area contributed by atoms with Crippen molar-refractivity contribution in [1.82, 2.24) is 15.1 Å². The van der Waals surface area contributed by atoms with Crippen LogP contribution in [0.3, 0.4) is 0 Å². The van der Waals surface area contributed by atoms with Gasteiger partial charge < -0.3 is 10.4 Å². The van der Waals surface area contributed by atoms with Gasteiger partial charge in [0.1, 0.15) is 0 Å². The van der Waals surface area contributed by atoms with E-state index < -0.39 is 0 Å². The lowest BCUT2D eigenvalue weighted by Gasteiger charge is -2.18. The topological polar surface area (TPSA) is 50.1 Å². The summed E-state index contributed by atoms with van der Waals surface area (Å²) >= 11 is 0. The van der Waals surface area contributed by atoms with Crippen molar-refractivity contribution in [3.05, 3.63) is 17.5 Å². The van der Waals surface area contributed by atoms with Gasteiger partial charge in [-0.1, -0.05) is 20.8 Å². The van der Waals surface area contributed by atoms with Crippen molar-refractivity contribution >= 4 is 0 Å². The van der Waals surface area contributed by atoms with Crippen LogP contribution >= 0.6 is 0 Å². The van der Waals surface area contributed by atoms with Crippen molar-refractivity contribution in [2.45, 2.75) is 51.7 Å². The monoisotopic (exact) mass is 251 g/mol. The number of nitrogens with zero attached hydrogens (tertiary/aromatic N) is 2. The van der Waals surface area contributed by atoms with Crippen molar-refractivity contribution < 1.29 is 5.11 Å². The first-order valence-electron chi connectivity index (χ1n) is 6.79. The van der Waals surface area contributed by atoms with Crippen LogP contribution in [0.1, 0.15) is 44.9 Å². The number of aromatic nitrogens is 2. The van der Waals surface area contributed by atoms with Crippen LogP contribution in [0, 0.1) is 5.92 Å². The molecule has 0 saturated heterocycles. The second kappa shape index (κ2) is 5.02. The molecule has 0 spiro atoms. The summed E-state index contributed by atoms with van der Waals surface area (Å²) in [7, 11) is 1.96. The Bertz CT molecular complexity index is 402. The largest absolute Gasteiger partial charge is 0.392 e. The standard InChI is InChI=1S/C14H25N3O/c1-14(2,3)13-11(9-17(4)16-13)7-15-8-12(18)10-5-6-10/h9-10,12,15,18H,5-8H2,1-4H3. The maximum atomic E-state index is 9.82. The van der Waals surface area contributed by atoms with E-state index in [1.807, 2.05) is 11.7 Å². The van der Waals surface area contributed by atoms with Gasteiger partial charge in [-0.25, -0.2) is 0 Å². The van der Waals surface area contributed by atoms with Crippen molar-refractivity contribution in [3.63, 3.8) is 0 Å². The van der Waals surface area contributed by atoms with E-state index in [9.17, 15) is 5.11 Å². The molecule has 102 valence electrons. The van der Waals surface area contributed by atoms with E-state index in [1.54, 1.807) is 0 Å². The van der Waals surface area contributed by atoms with Crippen molar-refractivity contribution in [2.75, 3.05) is 6.54 Å². The summed E-state index contributed by atoms with van der Waals surface area (Å²) in [5.41, 5.74) is 2.43. The molecule has 0 aliphatic heterocycles. The van der Waals surface area contributed by atoms with E-state index in [-0.39, 0.29) is 11.5 Å². The molecule has 0 radical (unpaired) electrons. The Hall–Kier alpha value is -0.870. The molecule has 2 rings (SSSR count). The van der Waals surface area contributed by atoms with Gasteiger partial charge in [0.05, 0.1) is 11.8 Å². The highest BCUT2D eigenvalue weighted by Gasteiger charge is 2.29. The lowest BCUT2D eigenvalue weighted by molar-refractivity contribution is 0.148. The molecule has 1 fully saturated rings. The lowest BCUT2D eigenvalue weighted by Crippen LogP contribution is -2.28. The highest BCUT2D eigenvalue weighted by Crippen LogP contribution is 2.32. The third kappa shape index (κ3) is 3.33. The number of hydrogen-bond donors (Lipinski definition) is 2. The van der Waals surface area contributed by atoms with Gasteiger partial charge in [-0.15, -0.1) is 0 Å². The van der Waals surface area contributed by atoms with Crippen molar-refractivity contribution in [3.8, 4) is 0 Å². The molecule has 1 atom stereocenters. The van der Waals surface area contributed by atoms with Crippen LogP contribution in [0.2, 0.25) is 0 Å². The quantitative estimate of drug-likeness (QED) is 0.835. The van der Waals surface area contributed by atoms with E-state index in [1.165, 1.54) is 18.4 Å². The summed E-state index contributed by atoms with van der Waals surface area (Å²) in [6.07, 6.45) is 4.25. The second-order valence-electron chi connectivity index (χ2n) is 6.46. The number of rotatable bonds is 5. The summed E-state index contributed by atoms with van der Waals surface area (Å²) in [6.45, 7) is 8.00. The first-order chi connectivity index (χ1) is 8.38. The van der Waals surface area contributed by atoms with Crippen molar-refractivity contribution in [2.24, 2.45) is 13.0 Å². The van der Waals surface area contributed by atoms with E-state index in [0.29, 0.717) is 12.5 Å². The molecule has 0 aromatic carbocycles. The molecule has 1 aromatic heterocycles. The molecule has 1 unspecified atom stereocenters. The van der Waals surface area contributed by atoms with E-state index in [2.05, 4.69) is 37.4 Å². The van der Waals surface area contributed by atoms with Crippen LogP contribution in [0.25, 0.3) is 0 Å². The molecule has 2 N–H and O–H groups in total. The van der Waals surface area contributed by atoms with Crippen LogP contribution in [0.5, 0.6) is 0 Å². The highest BCUT2D eigenvalue weighted by atomic mass is 16.3. The molecule has 1 aliphatic carbocycles. The van der Waals surface area contributed by atoms with E-state index >= 15 is 0 Å². The van der Waals surface area contributed by atoms with Gasteiger partial charge in [0.15, 0.2) is 0 Å². The fourth-order valence-electron chi connectivity index (χ4n) is 2.30. The third-order valence-electron chi connectivity index (χ3n) is 3.45. The number of aryl methyl sites for hydroxylation is 1. The minimum absolute atomic E-state index is 0.0629. The zero-order chi connectivity index (χ0) is 13.3. The number of hydrogen-bond acceptors (Lipinski definition) is 3. The molecule has 0 bridgehead atoms. The Morgan fingerprint density at radius 2 is 2.17 bits per heavy atom. The Balaban J connectivity index is 1.92. The summed E-state index contributed by atoms with van der Waals surface area (Å²) in [5, 5.41) is 17.7. The first-order valence-corrected chi connectivity index (χ1v) is 6.79. The predicted octanol–water partition coefficient (Wildman–Crippen LogP) is 1.58. The summed E-state index contributed by atoms with van der Waals surface area (Å²) in [5.74, 6) is 0.536. The minimum atomic E-state index is -0.181.